The minimum absolute atomic E-state index is 1.32. The van der Waals surface area contributed by atoms with Crippen LogP contribution in [0, 0.1) is 6.92 Å². The summed E-state index contributed by atoms with van der Waals surface area (Å²) in [5.74, 6) is 0. The van der Waals surface area contributed by atoms with Gasteiger partial charge in [0.25, 0.3) is 0 Å². The van der Waals surface area contributed by atoms with Crippen molar-refractivity contribution in [3.8, 4) is 0 Å². The van der Waals surface area contributed by atoms with Crippen LogP contribution in [0.3, 0.4) is 0 Å². The van der Waals surface area contributed by atoms with Gasteiger partial charge in [0, 0.05) is 23.2 Å². The molecule has 0 radical (unpaired) electrons. The van der Waals surface area contributed by atoms with Gasteiger partial charge in [-0.25, -0.2) is 0 Å². The van der Waals surface area contributed by atoms with E-state index >= 15 is 0 Å². The monoisotopic (exact) mass is 269 g/mol. The highest BCUT2D eigenvalue weighted by Gasteiger charge is 2.19. The standard InChI is InChI=1S/C20H15N/c1-12-7-8-18-17(9-12)20-16-10-13-5-3-4-6-14(13)15(16)11-19(20)21(18)2/h3-11H,1-2H3. The topological polar surface area (TPSA) is 4.93 Å². The summed E-state index contributed by atoms with van der Waals surface area (Å²) in [6.07, 6.45) is 4.69. The van der Waals surface area contributed by atoms with E-state index in [1.54, 1.807) is 0 Å². The first-order valence-corrected chi connectivity index (χ1v) is 7.36. The number of hydrogen-bond donors (Lipinski definition) is 0. The molecule has 0 amide bonds. The fraction of sp³-hybridized carbons (Fsp3) is 0.100. The molecule has 0 saturated heterocycles. The quantitative estimate of drug-likeness (QED) is 0.575. The van der Waals surface area contributed by atoms with Crippen molar-refractivity contribution in [1.82, 2.24) is 4.57 Å². The number of nitrogens with zero attached hydrogens (tertiary/aromatic N) is 1. The van der Waals surface area contributed by atoms with Crippen LogP contribution in [0.5, 0.6) is 0 Å². The Morgan fingerprint density at radius 3 is 2.67 bits per heavy atom. The van der Waals surface area contributed by atoms with Gasteiger partial charge < -0.3 is 4.57 Å². The van der Waals surface area contributed by atoms with E-state index < -0.39 is 0 Å². The lowest BCUT2D eigenvalue weighted by atomic mass is 10.1. The highest BCUT2D eigenvalue weighted by atomic mass is 14.9. The van der Waals surface area contributed by atoms with Crippen molar-refractivity contribution < 1.29 is 0 Å². The Bertz CT molecular complexity index is 1190. The molecule has 3 aromatic rings. The Morgan fingerprint density at radius 2 is 1.76 bits per heavy atom. The third-order valence-corrected chi connectivity index (χ3v) is 4.79. The number of benzene rings is 2. The molecule has 1 heteroatoms. The van der Waals surface area contributed by atoms with E-state index in [9.17, 15) is 0 Å². The van der Waals surface area contributed by atoms with E-state index in [-0.39, 0.29) is 0 Å². The average Bonchev–Trinajstić information content (AvgIpc) is 3.09. The van der Waals surface area contributed by atoms with Gasteiger partial charge in [-0.1, -0.05) is 35.9 Å². The van der Waals surface area contributed by atoms with E-state index in [2.05, 4.69) is 73.2 Å². The predicted octanol–water partition coefficient (Wildman–Crippen LogP) is 1.08. The summed E-state index contributed by atoms with van der Waals surface area (Å²) in [7, 11) is 2.17. The maximum absolute atomic E-state index is 2.35. The van der Waals surface area contributed by atoms with Crippen molar-refractivity contribution in [2.45, 2.75) is 6.92 Å². The minimum atomic E-state index is 1.32. The van der Waals surface area contributed by atoms with Gasteiger partial charge in [0.15, 0.2) is 0 Å². The number of fused-ring (bicyclic) bond motifs is 5. The van der Waals surface area contributed by atoms with Crippen LogP contribution in [-0.2, 0) is 7.05 Å². The van der Waals surface area contributed by atoms with Gasteiger partial charge in [-0.2, -0.15) is 0 Å². The zero-order valence-corrected chi connectivity index (χ0v) is 12.1. The molecule has 0 aliphatic heterocycles. The Hall–Kier alpha value is -2.54. The number of aryl methyl sites for hydroxylation is 2. The molecule has 2 aliphatic rings. The number of hydrogen-bond acceptors (Lipinski definition) is 0. The Balaban J connectivity index is 2.11. The minimum Gasteiger partial charge on any atom is -0.344 e. The van der Waals surface area contributed by atoms with E-state index in [0.29, 0.717) is 0 Å². The van der Waals surface area contributed by atoms with Crippen LogP contribution >= 0.6 is 0 Å². The second-order valence-corrected chi connectivity index (χ2v) is 6.04. The van der Waals surface area contributed by atoms with Gasteiger partial charge in [-0.3, -0.25) is 0 Å². The molecule has 0 unspecified atom stereocenters. The van der Waals surface area contributed by atoms with Gasteiger partial charge in [-0.05, 0) is 52.8 Å². The molecule has 21 heavy (non-hydrogen) atoms. The van der Waals surface area contributed by atoms with Gasteiger partial charge in [0.2, 0.25) is 0 Å². The normalized spacial score (nSPS) is 14.8. The van der Waals surface area contributed by atoms with E-state index in [1.165, 1.54) is 48.6 Å². The molecule has 0 saturated carbocycles. The molecule has 0 fully saturated rings. The fourth-order valence-electron chi connectivity index (χ4n) is 3.78. The van der Waals surface area contributed by atoms with Crippen LogP contribution in [0.15, 0.2) is 42.5 Å². The van der Waals surface area contributed by atoms with E-state index in [4.69, 9.17) is 0 Å². The Labute approximate surface area is 122 Å². The molecule has 1 nitrogen and oxygen atoms in total. The summed E-state index contributed by atoms with van der Waals surface area (Å²) in [5.41, 5.74) is 5.41. The smallest absolute Gasteiger partial charge is 0.0501 e. The highest BCUT2D eigenvalue weighted by molar-refractivity contribution is 6.20. The van der Waals surface area contributed by atoms with Gasteiger partial charge >= 0.3 is 0 Å². The summed E-state index contributed by atoms with van der Waals surface area (Å²) in [6, 6.07) is 15.4. The van der Waals surface area contributed by atoms with Gasteiger partial charge in [0.05, 0.1) is 5.35 Å². The van der Waals surface area contributed by atoms with Crippen molar-refractivity contribution in [3.05, 3.63) is 69.0 Å². The fourth-order valence-corrected chi connectivity index (χ4v) is 3.78. The van der Waals surface area contributed by atoms with Crippen LogP contribution in [0.4, 0.5) is 0 Å². The molecule has 0 bridgehead atoms. The molecule has 1 heterocycles. The first kappa shape index (κ1) is 11.2. The van der Waals surface area contributed by atoms with E-state index in [0.717, 1.165) is 0 Å². The van der Waals surface area contributed by atoms with Crippen molar-refractivity contribution >= 4 is 34.2 Å². The highest BCUT2D eigenvalue weighted by Crippen LogP contribution is 2.22. The van der Waals surface area contributed by atoms with Crippen LogP contribution < -0.4 is 21.0 Å². The molecule has 0 spiro atoms. The predicted molar refractivity (Wildman–Crippen MR) is 88.3 cm³/mol. The molecule has 0 N–H and O–H groups in total. The summed E-state index contributed by atoms with van der Waals surface area (Å²) < 4.78 is 2.32. The maximum atomic E-state index is 2.35. The third-order valence-electron chi connectivity index (χ3n) is 4.79. The average molecular weight is 269 g/mol. The van der Waals surface area contributed by atoms with Gasteiger partial charge in [0.1, 0.15) is 0 Å². The summed E-state index contributed by atoms with van der Waals surface area (Å²) in [6.45, 7) is 2.17. The lowest BCUT2D eigenvalue weighted by Crippen LogP contribution is -2.26. The maximum Gasteiger partial charge on any atom is 0.0501 e. The third kappa shape index (κ3) is 1.26. The van der Waals surface area contributed by atoms with Crippen molar-refractivity contribution in [1.29, 1.82) is 0 Å². The first-order chi connectivity index (χ1) is 10.2. The SMILES string of the molecule is Cc1ccc2c(c1)c1c(n2C)=CC2=c3ccccc3=CC=12. The zero-order valence-electron chi connectivity index (χ0n) is 12.1. The molecule has 100 valence electrons. The summed E-state index contributed by atoms with van der Waals surface area (Å²) in [4.78, 5) is 0. The van der Waals surface area contributed by atoms with Crippen molar-refractivity contribution in [3.63, 3.8) is 0 Å². The Kier molecular flexibility index (Phi) is 1.89. The van der Waals surface area contributed by atoms with Gasteiger partial charge in [-0.15, -0.1) is 0 Å². The molecule has 2 aromatic carbocycles. The first-order valence-electron chi connectivity index (χ1n) is 7.36. The molecule has 0 atom stereocenters. The summed E-state index contributed by atoms with van der Waals surface area (Å²) in [5, 5.41) is 6.82. The second kappa shape index (κ2) is 3.56. The summed E-state index contributed by atoms with van der Waals surface area (Å²) >= 11 is 0. The van der Waals surface area contributed by atoms with E-state index in [1.807, 2.05) is 0 Å². The lowest BCUT2D eigenvalue weighted by Gasteiger charge is -1.99. The molecule has 5 rings (SSSR count). The second-order valence-electron chi connectivity index (χ2n) is 6.04. The number of rotatable bonds is 0. The van der Waals surface area contributed by atoms with Crippen LogP contribution in [-0.4, -0.2) is 4.57 Å². The zero-order chi connectivity index (χ0) is 14.1. The van der Waals surface area contributed by atoms with Crippen LogP contribution in [0.2, 0.25) is 0 Å². The van der Waals surface area contributed by atoms with Crippen molar-refractivity contribution in [2.24, 2.45) is 7.05 Å². The molecular weight excluding hydrogens is 254 g/mol. The number of aromatic nitrogens is 1. The Morgan fingerprint density at radius 1 is 0.905 bits per heavy atom. The molecule has 2 aliphatic carbocycles. The van der Waals surface area contributed by atoms with Crippen molar-refractivity contribution in [2.75, 3.05) is 0 Å². The molecular formula is C20H15N. The largest absolute Gasteiger partial charge is 0.344 e. The lowest BCUT2D eigenvalue weighted by molar-refractivity contribution is 0.927. The van der Waals surface area contributed by atoms with Crippen LogP contribution in [0.1, 0.15) is 5.56 Å². The van der Waals surface area contributed by atoms with Crippen LogP contribution in [0.25, 0.3) is 34.2 Å². The molecule has 1 aromatic heterocycles.